The second-order valence-corrected chi connectivity index (χ2v) is 6.01. The van der Waals surface area contributed by atoms with Gasteiger partial charge in [-0.15, -0.1) is 0 Å². The lowest BCUT2D eigenvalue weighted by Crippen LogP contribution is -2.14. The number of nitrogens with one attached hydrogen (secondary N) is 1. The van der Waals surface area contributed by atoms with Gasteiger partial charge in [0.05, 0.1) is 16.4 Å². The normalized spacial score (nSPS) is 11.3. The minimum Gasteiger partial charge on any atom is -0.508 e. The van der Waals surface area contributed by atoms with Gasteiger partial charge in [-0.2, -0.15) is 0 Å². The Labute approximate surface area is 119 Å². The van der Waals surface area contributed by atoms with Gasteiger partial charge in [0, 0.05) is 6.07 Å². The molecule has 0 aliphatic rings. The van der Waals surface area contributed by atoms with E-state index in [1.54, 1.807) is 0 Å². The second-order valence-electron chi connectivity index (χ2n) is 3.95. The van der Waals surface area contributed by atoms with Crippen LogP contribution in [0.25, 0.3) is 0 Å². The van der Waals surface area contributed by atoms with E-state index in [-0.39, 0.29) is 22.1 Å². The van der Waals surface area contributed by atoms with Crippen LogP contribution in [0.4, 0.5) is 15.8 Å². The highest BCUT2D eigenvalue weighted by Gasteiger charge is 2.20. The van der Waals surface area contributed by atoms with Crippen molar-refractivity contribution in [3.05, 3.63) is 47.2 Å². The predicted octanol–water partition coefficient (Wildman–Crippen LogP) is 2.57. The van der Waals surface area contributed by atoms with Gasteiger partial charge in [0.15, 0.2) is 0 Å². The predicted molar refractivity (Wildman–Crippen MR) is 74.7 cm³/mol. The fourth-order valence-electron chi connectivity index (χ4n) is 1.53. The molecule has 8 heteroatoms. The summed E-state index contributed by atoms with van der Waals surface area (Å²) in [5, 5.41) is 9.09. The number of phenolic OH excluding ortho intramolecular Hbond substituents is 1. The number of sulfonamides is 1. The first-order valence-corrected chi connectivity index (χ1v) is 7.22. The first-order valence-electron chi connectivity index (χ1n) is 5.36. The molecule has 0 saturated heterocycles. The van der Waals surface area contributed by atoms with Crippen molar-refractivity contribution in [2.75, 3.05) is 10.5 Å². The Kier molecular flexibility index (Phi) is 3.74. The average Bonchev–Trinajstić information content (AvgIpc) is 2.35. The summed E-state index contributed by atoms with van der Waals surface area (Å²) in [5.74, 6) is -0.831. The van der Waals surface area contributed by atoms with E-state index in [1.807, 2.05) is 0 Å². The third-order valence-corrected chi connectivity index (χ3v) is 4.31. The van der Waals surface area contributed by atoms with Crippen LogP contribution in [0.15, 0.2) is 41.3 Å². The molecule has 0 heterocycles. The molecule has 0 fully saturated rings. The topological polar surface area (TPSA) is 92.4 Å². The van der Waals surface area contributed by atoms with Gasteiger partial charge in [-0.1, -0.05) is 11.6 Å². The molecule has 0 saturated carbocycles. The summed E-state index contributed by atoms with van der Waals surface area (Å²) in [6.07, 6.45) is 0. The van der Waals surface area contributed by atoms with E-state index in [0.717, 1.165) is 18.2 Å². The zero-order valence-corrected chi connectivity index (χ0v) is 11.5. The van der Waals surface area contributed by atoms with Gasteiger partial charge >= 0.3 is 0 Å². The van der Waals surface area contributed by atoms with Crippen LogP contribution in [0.5, 0.6) is 5.75 Å². The highest BCUT2D eigenvalue weighted by atomic mass is 35.5. The summed E-state index contributed by atoms with van der Waals surface area (Å²) in [7, 11) is -4.09. The van der Waals surface area contributed by atoms with Crippen LogP contribution >= 0.6 is 11.6 Å². The second kappa shape index (κ2) is 5.18. The molecule has 2 rings (SSSR count). The highest BCUT2D eigenvalue weighted by Crippen LogP contribution is 2.28. The Balaban J connectivity index is 2.43. The number of rotatable bonds is 3. The third kappa shape index (κ3) is 2.94. The zero-order valence-electron chi connectivity index (χ0n) is 9.97. The Morgan fingerprint density at radius 3 is 2.55 bits per heavy atom. The maximum absolute atomic E-state index is 13.1. The number of anilines is 2. The molecule has 20 heavy (non-hydrogen) atoms. The first-order chi connectivity index (χ1) is 9.29. The van der Waals surface area contributed by atoms with Crippen LogP contribution in [0, 0.1) is 5.82 Å². The van der Waals surface area contributed by atoms with E-state index < -0.39 is 20.7 Å². The summed E-state index contributed by atoms with van der Waals surface area (Å²) in [6, 6.07) is 6.74. The molecule has 0 amide bonds. The van der Waals surface area contributed by atoms with Crippen LogP contribution < -0.4 is 10.5 Å². The maximum Gasteiger partial charge on any atom is 0.263 e. The molecule has 0 unspecified atom stereocenters. The van der Waals surface area contributed by atoms with Gasteiger partial charge in [0.1, 0.15) is 16.5 Å². The smallest absolute Gasteiger partial charge is 0.263 e. The molecule has 5 nitrogen and oxygen atoms in total. The van der Waals surface area contributed by atoms with E-state index >= 15 is 0 Å². The van der Waals surface area contributed by atoms with Gasteiger partial charge in [-0.05, 0) is 30.3 Å². The van der Waals surface area contributed by atoms with Gasteiger partial charge in [-0.3, -0.25) is 4.72 Å². The Bertz CT molecular complexity index is 765. The minimum atomic E-state index is -4.09. The van der Waals surface area contributed by atoms with Gasteiger partial charge in [0.25, 0.3) is 10.0 Å². The van der Waals surface area contributed by atoms with E-state index in [9.17, 15) is 17.9 Å². The Morgan fingerprint density at radius 1 is 1.20 bits per heavy atom. The van der Waals surface area contributed by atoms with E-state index in [1.165, 1.54) is 18.2 Å². The summed E-state index contributed by atoms with van der Waals surface area (Å²) < 4.78 is 39.6. The monoisotopic (exact) mass is 316 g/mol. The summed E-state index contributed by atoms with van der Waals surface area (Å²) in [5.41, 5.74) is 5.67. The Hall–Kier alpha value is -1.99. The summed E-state index contributed by atoms with van der Waals surface area (Å²) in [4.78, 5) is -0.397. The number of hydrogen-bond acceptors (Lipinski definition) is 4. The highest BCUT2D eigenvalue weighted by molar-refractivity contribution is 7.92. The lowest BCUT2D eigenvalue weighted by Gasteiger charge is -2.11. The lowest BCUT2D eigenvalue weighted by atomic mass is 10.2. The fraction of sp³-hybridized carbons (Fsp3) is 0. The van der Waals surface area contributed by atoms with E-state index in [2.05, 4.69) is 4.72 Å². The van der Waals surface area contributed by atoms with Crippen LogP contribution in [0.2, 0.25) is 5.02 Å². The average molecular weight is 317 g/mol. The molecule has 0 radical (unpaired) electrons. The first kappa shape index (κ1) is 14.4. The molecule has 0 aliphatic heterocycles. The maximum atomic E-state index is 13.1. The van der Waals surface area contributed by atoms with Crippen molar-refractivity contribution in [1.82, 2.24) is 0 Å². The van der Waals surface area contributed by atoms with Crippen molar-refractivity contribution in [1.29, 1.82) is 0 Å². The fourth-order valence-corrected chi connectivity index (χ4v) is 3.13. The molecule has 0 aliphatic carbocycles. The molecular formula is C12H10ClFN2O3S. The molecule has 0 spiro atoms. The third-order valence-electron chi connectivity index (χ3n) is 2.46. The summed E-state index contributed by atoms with van der Waals surface area (Å²) >= 11 is 5.75. The molecule has 2 aromatic rings. The standard InChI is InChI=1S/C12H10ClFN2O3S/c13-9-3-1-7(14)5-12(9)20(18,19)16-11-4-2-8(17)6-10(11)15/h1-6,16-17H,15H2. The number of nitrogens with two attached hydrogens (primary N) is 1. The molecule has 0 atom stereocenters. The van der Waals surface area contributed by atoms with Crippen LogP contribution in [-0.2, 0) is 10.0 Å². The van der Waals surface area contributed by atoms with Crippen LogP contribution in [0.1, 0.15) is 0 Å². The number of aromatic hydroxyl groups is 1. The summed E-state index contributed by atoms with van der Waals surface area (Å²) in [6.45, 7) is 0. The Morgan fingerprint density at radius 2 is 1.90 bits per heavy atom. The SMILES string of the molecule is Nc1cc(O)ccc1NS(=O)(=O)c1cc(F)ccc1Cl. The minimum absolute atomic E-state index is 0.0288. The number of benzene rings is 2. The zero-order chi connectivity index (χ0) is 14.9. The van der Waals surface area contributed by atoms with Crippen molar-refractivity contribution < 1.29 is 17.9 Å². The quantitative estimate of drug-likeness (QED) is 0.599. The van der Waals surface area contributed by atoms with Crippen molar-refractivity contribution in [2.45, 2.75) is 4.90 Å². The molecule has 4 N–H and O–H groups in total. The number of hydrogen-bond donors (Lipinski definition) is 3. The van der Waals surface area contributed by atoms with Crippen LogP contribution in [0.3, 0.4) is 0 Å². The molecule has 0 aromatic heterocycles. The number of phenols is 1. The molecular weight excluding hydrogens is 307 g/mol. The van der Waals surface area contributed by atoms with Gasteiger partial charge in [-0.25, -0.2) is 12.8 Å². The van der Waals surface area contributed by atoms with Crippen molar-refractivity contribution in [3.8, 4) is 5.75 Å². The lowest BCUT2D eigenvalue weighted by molar-refractivity contribution is 0.475. The number of nitrogen functional groups attached to an aromatic ring is 1. The van der Waals surface area contributed by atoms with E-state index in [4.69, 9.17) is 17.3 Å². The van der Waals surface area contributed by atoms with Crippen LogP contribution in [-0.4, -0.2) is 13.5 Å². The van der Waals surface area contributed by atoms with Crippen molar-refractivity contribution >= 4 is 33.0 Å². The molecule has 0 bridgehead atoms. The molecule has 106 valence electrons. The van der Waals surface area contributed by atoms with E-state index in [0.29, 0.717) is 0 Å². The largest absolute Gasteiger partial charge is 0.508 e. The molecule has 2 aromatic carbocycles. The van der Waals surface area contributed by atoms with Gasteiger partial charge < -0.3 is 10.8 Å². The van der Waals surface area contributed by atoms with Crippen molar-refractivity contribution in [3.63, 3.8) is 0 Å². The van der Waals surface area contributed by atoms with Gasteiger partial charge in [0.2, 0.25) is 0 Å². The van der Waals surface area contributed by atoms with Crippen molar-refractivity contribution in [2.24, 2.45) is 0 Å². The number of halogens is 2.